The van der Waals surface area contributed by atoms with Crippen molar-refractivity contribution >= 4 is 12.0 Å². The average Bonchev–Trinajstić information content (AvgIpc) is 3.06. The molecule has 5 nitrogen and oxygen atoms in total. The van der Waals surface area contributed by atoms with Gasteiger partial charge in [-0.05, 0) is 55.8 Å². The number of ketones is 1. The van der Waals surface area contributed by atoms with Gasteiger partial charge in [0.2, 0.25) is 5.78 Å². The Morgan fingerprint density at radius 3 is 2.52 bits per heavy atom. The number of hydrogen-bond donors (Lipinski definition) is 0. The van der Waals surface area contributed by atoms with Crippen molar-refractivity contribution < 1.29 is 19.1 Å². The molecule has 1 spiro atoms. The maximum Gasteiger partial charge on any atom is 0.323 e. The summed E-state index contributed by atoms with van der Waals surface area (Å²) in [6.07, 6.45) is 8.31. The molecule has 1 saturated carbocycles. The minimum Gasteiger partial charge on any atom is -0.361 e. The first-order chi connectivity index (χ1) is 12.7. The molecule has 27 heavy (non-hydrogen) atoms. The molecule has 0 aromatic rings. The predicted molar refractivity (Wildman–Crippen MR) is 102 cm³/mol. The highest BCUT2D eigenvalue weighted by Gasteiger charge is 2.64. The summed E-state index contributed by atoms with van der Waals surface area (Å²) in [7, 11) is 0. The van der Waals surface area contributed by atoms with Gasteiger partial charge in [0.25, 0.3) is 0 Å². The SMILES string of the molecule is CC1(C)CCC[C@]2(C)C3=C(CC[C@@H]12)CC1(OCCO1)[C@](C)(C(=O)C=[N+]=[N-])C3. The smallest absolute Gasteiger partial charge is 0.323 e. The zero-order chi connectivity index (χ0) is 19.5. The van der Waals surface area contributed by atoms with Crippen molar-refractivity contribution in [2.24, 2.45) is 22.2 Å². The summed E-state index contributed by atoms with van der Waals surface area (Å²) in [6, 6.07) is 0. The van der Waals surface area contributed by atoms with Crippen LogP contribution in [0.3, 0.4) is 0 Å². The van der Waals surface area contributed by atoms with Gasteiger partial charge in [-0.2, -0.15) is 4.79 Å². The molecule has 4 rings (SSSR count). The number of nitrogens with zero attached hydrogens (tertiary/aromatic N) is 2. The van der Waals surface area contributed by atoms with Gasteiger partial charge in [0, 0.05) is 6.42 Å². The third-order valence-electron chi connectivity index (χ3n) is 8.37. The number of hydrogen-bond acceptors (Lipinski definition) is 3. The summed E-state index contributed by atoms with van der Waals surface area (Å²) in [5.74, 6) is -0.487. The highest BCUT2D eigenvalue weighted by atomic mass is 16.7. The zero-order valence-corrected chi connectivity index (χ0v) is 17.1. The van der Waals surface area contributed by atoms with Crippen LogP contribution in [0.25, 0.3) is 5.53 Å². The fraction of sp³-hybridized carbons (Fsp3) is 0.818. The molecular formula is C22H32N2O3. The fourth-order valence-corrected chi connectivity index (χ4v) is 6.90. The largest absolute Gasteiger partial charge is 0.361 e. The first kappa shape index (κ1) is 19.0. The second-order valence-corrected chi connectivity index (χ2v) is 10.2. The zero-order valence-electron chi connectivity index (χ0n) is 17.1. The van der Waals surface area contributed by atoms with Crippen molar-refractivity contribution in [3.63, 3.8) is 0 Å². The summed E-state index contributed by atoms with van der Waals surface area (Å²) in [5, 5.41) is 0. The summed E-state index contributed by atoms with van der Waals surface area (Å²) >= 11 is 0. The molecule has 0 radical (unpaired) electrons. The molecule has 0 amide bonds. The van der Waals surface area contributed by atoms with Crippen LogP contribution in [0.4, 0.5) is 0 Å². The first-order valence-corrected chi connectivity index (χ1v) is 10.4. The van der Waals surface area contributed by atoms with E-state index in [4.69, 9.17) is 15.0 Å². The van der Waals surface area contributed by atoms with E-state index in [1.165, 1.54) is 36.8 Å². The Morgan fingerprint density at radius 1 is 1.15 bits per heavy atom. The number of fused-ring (bicyclic) bond motifs is 2. The Kier molecular flexibility index (Phi) is 4.30. The van der Waals surface area contributed by atoms with Crippen LogP contribution in [-0.2, 0) is 14.3 Å². The van der Waals surface area contributed by atoms with Crippen LogP contribution < -0.4 is 0 Å². The molecule has 1 saturated heterocycles. The molecule has 0 bridgehead atoms. The van der Waals surface area contributed by atoms with Gasteiger partial charge in [-0.3, -0.25) is 4.79 Å². The lowest BCUT2D eigenvalue weighted by atomic mass is 9.47. The monoisotopic (exact) mass is 372 g/mol. The standard InChI is InChI=1S/C22H32N2O3/c1-19(2)8-5-9-20(3)16-13-21(4,18(25)14-24-23)22(26-10-11-27-22)12-15(16)6-7-17(19)20/h14,17H,5-13H2,1-4H3/t17-,20+,21-/m0/s1. The van der Waals surface area contributed by atoms with E-state index in [1.807, 2.05) is 6.92 Å². The van der Waals surface area contributed by atoms with Crippen molar-refractivity contribution in [1.82, 2.24) is 0 Å². The molecule has 0 N–H and O–H groups in total. The Bertz CT molecular complexity index is 743. The average molecular weight is 373 g/mol. The van der Waals surface area contributed by atoms with E-state index in [0.29, 0.717) is 37.4 Å². The van der Waals surface area contributed by atoms with Gasteiger partial charge >= 0.3 is 6.21 Å². The van der Waals surface area contributed by atoms with Crippen molar-refractivity contribution in [1.29, 1.82) is 0 Å². The molecule has 0 unspecified atom stereocenters. The van der Waals surface area contributed by atoms with Crippen molar-refractivity contribution in [3.05, 3.63) is 16.7 Å². The molecule has 1 heterocycles. The minimum atomic E-state index is -0.919. The van der Waals surface area contributed by atoms with E-state index in [0.717, 1.165) is 12.6 Å². The van der Waals surface area contributed by atoms with Crippen LogP contribution in [-0.4, -0.2) is 35.8 Å². The normalized spacial score (nSPS) is 39.5. The van der Waals surface area contributed by atoms with Crippen LogP contribution in [0.5, 0.6) is 0 Å². The molecule has 4 aliphatic rings. The number of carbonyl (C=O) groups excluding carboxylic acids is 1. The van der Waals surface area contributed by atoms with Crippen molar-refractivity contribution in [3.8, 4) is 0 Å². The topological polar surface area (TPSA) is 71.9 Å². The van der Waals surface area contributed by atoms with Crippen molar-refractivity contribution in [2.45, 2.75) is 78.4 Å². The van der Waals surface area contributed by atoms with Gasteiger partial charge in [0.15, 0.2) is 5.79 Å². The molecule has 3 aliphatic carbocycles. The Morgan fingerprint density at radius 2 is 1.85 bits per heavy atom. The lowest BCUT2D eigenvalue weighted by Crippen LogP contribution is -2.58. The molecule has 2 fully saturated rings. The second kappa shape index (κ2) is 6.10. The molecule has 0 aromatic heterocycles. The molecule has 5 heteroatoms. The van der Waals surface area contributed by atoms with Crippen LogP contribution in [0.2, 0.25) is 0 Å². The summed E-state index contributed by atoms with van der Waals surface area (Å²) < 4.78 is 12.2. The van der Waals surface area contributed by atoms with Gasteiger partial charge in [0.1, 0.15) is 0 Å². The van der Waals surface area contributed by atoms with E-state index in [9.17, 15) is 4.79 Å². The van der Waals surface area contributed by atoms with Gasteiger partial charge < -0.3 is 15.0 Å². The van der Waals surface area contributed by atoms with E-state index >= 15 is 0 Å². The molecule has 1 aliphatic heterocycles. The molecule has 148 valence electrons. The highest BCUT2D eigenvalue weighted by molar-refractivity contribution is 6.28. The summed E-state index contributed by atoms with van der Waals surface area (Å²) in [6.45, 7) is 10.2. The number of rotatable bonds is 2. The van der Waals surface area contributed by atoms with E-state index in [1.54, 1.807) is 0 Å². The Hall–Kier alpha value is -1.29. The van der Waals surface area contributed by atoms with Gasteiger partial charge in [-0.15, -0.1) is 0 Å². The third kappa shape index (κ3) is 2.55. The van der Waals surface area contributed by atoms with Crippen molar-refractivity contribution in [2.75, 3.05) is 13.2 Å². The quantitative estimate of drug-likeness (QED) is 0.314. The summed E-state index contributed by atoms with van der Waals surface area (Å²) in [4.78, 5) is 16.1. The Balaban J connectivity index is 1.82. The number of allylic oxidation sites excluding steroid dienone is 1. The second-order valence-electron chi connectivity index (χ2n) is 10.2. The van der Waals surface area contributed by atoms with E-state index in [2.05, 4.69) is 25.6 Å². The lowest BCUT2D eigenvalue weighted by molar-refractivity contribution is -0.232. The van der Waals surface area contributed by atoms with Gasteiger partial charge in [0.05, 0.1) is 18.6 Å². The summed E-state index contributed by atoms with van der Waals surface area (Å²) in [5.41, 5.74) is 11.5. The molecule has 0 aromatic carbocycles. The van der Waals surface area contributed by atoms with Gasteiger partial charge in [-0.1, -0.05) is 38.3 Å². The molecule has 3 atom stereocenters. The van der Waals surface area contributed by atoms with Crippen LogP contribution >= 0.6 is 0 Å². The Labute approximate surface area is 162 Å². The number of Topliss-reactive ketones (excluding diaryl/α,β-unsaturated/α-hetero) is 1. The first-order valence-electron chi connectivity index (χ1n) is 10.4. The fourth-order valence-electron chi connectivity index (χ4n) is 6.90. The number of ether oxygens (including phenoxy) is 2. The van der Waals surface area contributed by atoms with E-state index < -0.39 is 11.2 Å². The van der Waals surface area contributed by atoms with Crippen LogP contribution in [0.1, 0.15) is 72.6 Å². The van der Waals surface area contributed by atoms with Gasteiger partial charge in [-0.25, -0.2) is 0 Å². The minimum absolute atomic E-state index is 0.132. The highest BCUT2D eigenvalue weighted by Crippen LogP contribution is 2.65. The van der Waals surface area contributed by atoms with E-state index in [-0.39, 0.29) is 11.2 Å². The van der Waals surface area contributed by atoms with Crippen LogP contribution in [0.15, 0.2) is 11.1 Å². The number of carbonyl (C=O) groups is 1. The molecular weight excluding hydrogens is 340 g/mol. The maximum atomic E-state index is 13.1. The lowest BCUT2D eigenvalue weighted by Gasteiger charge is -2.59. The van der Waals surface area contributed by atoms with Crippen LogP contribution in [0, 0.1) is 22.2 Å². The third-order valence-corrected chi connectivity index (χ3v) is 8.37. The maximum absolute atomic E-state index is 13.1. The predicted octanol–water partition coefficient (Wildman–Crippen LogP) is 4.32.